The van der Waals surface area contributed by atoms with Crippen molar-refractivity contribution in [2.24, 2.45) is 5.89 Å². The van der Waals surface area contributed by atoms with Crippen molar-refractivity contribution in [1.82, 2.24) is 5.32 Å². The molecule has 0 spiro atoms. The van der Waals surface area contributed by atoms with Crippen molar-refractivity contribution < 1.29 is 18.4 Å². The summed E-state index contributed by atoms with van der Waals surface area (Å²) >= 11 is 0. The molecule has 0 rings (SSSR count). The third-order valence-electron chi connectivity index (χ3n) is 1.15. The third kappa shape index (κ3) is 5.22. The van der Waals surface area contributed by atoms with Crippen LogP contribution in [-0.4, -0.2) is 25.0 Å². The van der Waals surface area contributed by atoms with Gasteiger partial charge in [-0.05, 0) is 12.3 Å². The molecule has 0 heterocycles. The van der Waals surface area contributed by atoms with Crippen LogP contribution in [0.2, 0.25) is 0 Å². The average Bonchev–Trinajstić information content (AvgIpc) is 2.12. The van der Waals surface area contributed by atoms with Crippen LogP contribution in [0.1, 0.15) is 31.3 Å². The van der Waals surface area contributed by atoms with Crippen molar-refractivity contribution in [2.75, 3.05) is 7.11 Å². The van der Waals surface area contributed by atoms with Gasteiger partial charge < -0.3 is 10.1 Å². The van der Waals surface area contributed by atoms with Gasteiger partial charge in [-0.25, -0.2) is 4.79 Å². The highest BCUT2D eigenvalue weighted by Gasteiger charge is 2.20. The van der Waals surface area contributed by atoms with E-state index in [9.17, 15) is 9.59 Å². The van der Waals surface area contributed by atoms with E-state index in [1.165, 1.54) is 13.8 Å². The van der Waals surface area contributed by atoms with Crippen LogP contribution in [0.4, 0.5) is 0 Å². The Labute approximate surface area is 82.9 Å². The Morgan fingerprint density at radius 2 is 2.15 bits per heavy atom. The Kier molecular flexibility index (Phi) is 3.15. The van der Waals surface area contributed by atoms with Crippen LogP contribution in [0.3, 0.4) is 0 Å². The van der Waals surface area contributed by atoms with E-state index in [4.69, 9.17) is 4.11 Å². The summed E-state index contributed by atoms with van der Waals surface area (Å²) in [7, 11) is 1.07. The molecule has 4 nitrogen and oxygen atoms in total. The molecule has 0 fully saturated rings. The van der Waals surface area contributed by atoms with Crippen LogP contribution >= 0.6 is 0 Å². The minimum Gasteiger partial charge on any atom is -0.467 e. The summed E-state index contributed by atoms with van der Waals surface area (Å²) < 4.78 is 27.5. The highest BCUT2D eigenvalue weighted by molar-refractivity contribution is 5.83. The van der Waals surface area contributed by atoms with E-state index in [-0.39, 0.29) is 0 Å². The van der Waals surface area contributed by atoms with Gasteiger partial charge in [0.25, 0.3) is 0 Å². The smallest absolute Gasteiger partial charge is 0.328 e. The van der Waals surface area contributed by atoms with Crippen molar-refractivity contribution in [3.63, 3.8) is 0 Å². The molecule has 0 aromatic carbocycles. The van der Waals surface area contributed by atoms with Crippen molar-refractivity contribution in [3.05, 3.63) is 0 Å². The van der Waals surface area contributed by atoms with Crippen molar-refractivity contribution >= 4 is 11.9 Å². The molecule has 13 heavy (non-hydrogen) atoms. The van der Waals surface area contributed by atoms with E-state index in [1.807, 2.05) is 0 Å². The van der Waals surface area contributed by atoms with Gasteiger partial charge in [0.2, 0.25) is 5.91 Å². The first kappa shape index (κ1) is 7.35. The zero-order valence-corrected chi connectivity index (χ0v) is 8.30. The summed E-state index contributed by atoms with van der Waals surface area (Å²) in [6, 6.07) is -2.26. The van der Waals surface area contributed by atoms with E-state index in [0.29, 0.717) is 0 Å². The molecule has 76 valence electrons. The van der Waals surface area contributed by atoms with Crippen molar-refractivity contribution in [1.29, 1.82) is 0 Å². The maximum Gasteiger partial charge on any atom is 0.328 e. The second kappa shape index (κ2) is 5.56. The van der Waals surface area contributed by atoms with Gasteiger partial charge in [0.1, 0.15) is 6.02 Å². The first-order valence-electron chi connectivity index (χ1n) is 5.43. The van der Waals surface area contributed by atoms with E-state index >= 15 is 0 Å². The number of ether oxygens (including phenoxy) is 1. The van der Waals surface area contributed by atoms with E-state index < -0.39 is 30.2 Å². The van der Waals surface area contributed by atoms with E-state index in [1.54, 1.807) is 0 Å². The summed E-state index contributed by atoms with van der Waals surface area (Å²) in [4.78, 5) is 22.4. The van der Waals surface area contributed by atoms with Gasteiger partial charge in [-0.3, -0.25) is 4.79 Å². The first-order valence-corrected chi connectivity index (χ1v) is 3.85. The lowest BCUT2D eigenvalue weighted by molar-refractivity contribution is -0.145. The molecule has 0 aliphatic rings. The number of methoxy groups -OCH3 is 1. The largest absolute Gasteiger partial charge is 0.467 e. The highest BCUT2D eigenvalue weighted by Crippen LogP contribution is 2.05. The fourth-order valence-corrected chi connectivity index (χ4v) is 0.734. The number of rotatable bonds is 4. The summed E-state index contributed by atoms with van der Waals surface area (Å²) in [6.07, 6.45) is -1.46. The molecular weight excluding hydrogens is 170 g/mol. The van der Waals surface area contributed by atoms with Crippen LogP contribution in [0.25, 0.3) is 0 Å². The maximum absolute atomic E-state index is 11.4. The van der Waals surface area contributed by atoms with Gasteiger partial charge in [-0.15, -0.1) is 0 Å². The molecule has 0 aromatic rings. The fraction of sp³-hybridized carbons (Fsp3) is 0.778. The molecule has 1 N–H and O–H groups in total. The van der Waals surface area contributed by atoms with Gasteiger partial charge in [0, 0.05) is 9.67 Å². The molecule has 0 aliphatic carbocycles. The molecule has 0 radical (unpaired) electrons. The molecule has 0 bridgehead atoms. The lowest BCUT2D eigenvalue weighted by Crippen LogP contribution is -2.41. The molecule has 0 unspecified atom stereocenters. The number of carbonyl (C=O) groups excluding carboxylic acids is 2. The lowest BCUT2D eigenvalue weighted by atomic mass is 10.0. The predicted molar refractivity (Wildman–Crippen MR) is 49.1 cm³/mol. The molecule has 0 aromatic heterocycles. The highest BCUT2D eigenvalue weighted by atomic mass is 16.5. The zero-order chi connectivity index (χ0) is 13.1. The van der Waals surface area contributed by atoms with Gasteiger partial charge >= 0.3 is 5.97 Å². The fourth-order valence-electron chi connectivity index (χ4n) is 0.734. The Hall–Kier alpha value is -1.06. The summed E-state index contributed by atoms with van der Waals surface area (Å²) in [5.41, 5.74) is 0. The van der Waals surface area contributed by atoms with Gasteiger partial charge in [-0.2, -0.15) is 0 Å². The van der Waals surface area contributed by atoms with Crippen LogP contribution in [-0.2, 0) is 14.3 Å². The number of amides is 1. The average molecular weight is 190 g/mol. The predicted octanol–water partition coefficient (Wildman–Crippen LogP) is 0.710. The standard InChI is InChI=1S/C9H17NO3/c1-6(2)5-8(9(12)13-4)10-7(3)11/h6,8H,5H2,1-4H3,(H,10,11)/t8-/m0/s1/i5D,6D,8D/t5-,8+/m1. The molecule has 2 atom stereocenters. The molecular formula is C9H17NO3. The number of hydrogen-bond donors (Lipinski definition) is 1. The molecule has 4 heteroatoms. The van der Waals surface area contributed by atoms with Crippen molar-refractivity contribution in [3.8, 4) is 0 Å². The second-order valence-corrected chi connectivity index (χ2v) is 2.81. The van der Waals surface area contributed by atoms with Gasteiger partial charge in [-0.1, -0.05) is 13.8 Å². The van der Waals surface area contributed by atoms with Crippen LogP contribution in [0.15, 0.2) is 0 Å². The number of nitrogens with one attached hydrogen (secondary N) is 1. The summed E-state index contributed by atoms with van der Waals surface area (Å²) in [5, 5.41) is 2.06. The number of esters is 1. The Balaban J connectivity index is 5.23. The molecule has 0 saturated carbocycles. The molecule has 0 saturated heterocycles. The Morgan fingerprint density at radius 3 is 2.46 bits per heavy atom. The topological polar surface area (TPSA) is 55.4 Å². The second-order valence-electron chi connectivity index (χ2n) is 2.81. The number of carbonyl (C=O) groups is 2. The summed E-state index contributed by atoms with van der Waals surface area (Å²) in [5.74, 6) is -3.05. The van der Waals surface area contributed by atoms with E-state index in [2.05, 4.69) is 10.1 Å². The van der Waals surface area contributed by atoms with Crippen LogP contribution in [0, 0.1) is 5.89 Å². The number of hydrogen-bond acceptors (Lipinski definition) is 3. The zero-order valence-electron chi connectivity index (χ0n) is 11.3. The Morgan fingerprint density at radius 1 is 1.62 bits per heavy atom. The normalized spacial score (nSPS) is 21.4. The Bertz CT molecular complexity index is 290. The monoisotopic (exact) mass is 190 g/mol. The third-order valence-corrected chi connectivity index (χ3v) is 1.15. The molecule has 1 amide bonds. The minimum absolute atomic E-state index is 0.623. The minimum atomic E-state index is -2.26. The molecule has 0 aliphatic heterocycles. The van der Waals surface area contributed by atoms with Gasteiger partial charge in [0.15, 0.2) is 0 Å². The SMILES string of the molecule is [2H][C@H](C([2H])(C)C)[C@]([2H])(NC(C)=O)C(=O)OC. The lowest BCUT2D eigenvalue weighted by Gasteiger charge is -2.16. The van der Waals surface area contributed by atoms with Gasteiger partial charge in [0.05, 0.1) is 8.48 Å². The van der Waals surface area contributed by atoms with E-state index in [0.717, 1.165) is 14.0 Å². The quantitative estimate of drug-likeness (QED) is 0.664. The first-order chi connectivity index (χ1) is 7.05. The summed E-state index contributed by atoms with van der Waals surface area (Å²) in [6.45, 7) is 3.91. The van der Waals surface area contributed by atoms with Crippen LogP contribution in [0.5, 0.6) is 0 Å². The maximum atomic E-state index is 11.4. The van der Waals surface area contributed by atoms with Crippen molar-refractivity contribution in [2.45, 2.75) is 33.2 Å². The van der Waals surface area contributed by atoms with Crippen LogP contribution < -0.4 is 5.32 Å².